The Balaban J connectivity index is 1.97. The summed E-state index contributed by atoms with van der Waals surface area (Å²) in [7, 11) is 0. The molecule has 0 spiro atoms. The van der Waals surface area contributed by atoms with Gasteiger partial charge in [0, 0.05) is 17.3 Å². The fraction of sp³-hybridized carbons (Fsp3) is 0.429. The zero-order chi connectivity index (χ0) is 19.4. The molecule has 0 amide bonds. The topological polar surface area (TPSA) is 60.4 Å². The molecule has 6 heteroatoms. The van der Waals surface area contributed by atoms with Crippen molar-refractivity contribution in [2.45, 2.75) is 53.4 Å². The van der Waals surface area contributed by atoms with Crippen LogP contribution < -0.4 is 0 Å². The molecule has 4 heterocycles. The maximum atomic E-state index is 4.68. The average molecular weight is 362 g/mol. The largest absolute Gasteiger partial charge is 0.260 e. The van der Waals surface area contributed by atoms with Gasteiger partial charge in [0.2, 0.25) is 0 Å². The lowest BCUT2D eigenvalue weighted by Gasteiger charge is -2.19. The van der Waals surface area contributed by atoms with Crippen LogP contribution in [0.15, 0.2) is 37.2 Å². The zero-order valence-corrected chi connectivity index (χ0v) is 16.9. The van der Waals surface area contributed by atoms with Crippen molar-refractivity contribution < 1.29 is 0 Å². The number of hydrogen-bond acceptors (Lipinski definition) is 4. The van der Waals surface area contributed by atoms with Crippen LogP contribution in [0.25, 0.3) is 22.4 Å². The molecule has 0 saturated carbocycles. The maximum absolute atomic E-state index is 4.68. The molecule has 0 N–H and O–H groups in total. The summed E-state index contributed by atoms with van der Waals surface area (Å²) >= 11 is 0. The maximum Gasteiger partial charge on any atom is 0.164 e. The molecule has 6 nitrogen and oxygen atoms in total. The molecule has 0 fully saturated rings. The monoisotopic (exact) mass is 362 g/mol. The Labute approximate surface area is 159 Å². The first-order chi connectivity index (χ1) is 12.6. The van der Waals surface area contributed by atoms with Gasteiger partial charge in [-0.1, -0.05) is 41.5 Å². The highest BCUT2D eigenvalue weighted by Crippen LogP contribution is 2.31. The fourth-order valence-electron chi connectivity index (χ4n) is 3.55. The summed E-state index contributed by atoms with van der Waals surface area (Å²) in [4.78, 5) is 8.99. The Hall–Kier alpha value is -2.76. The molecular weight excluding hydrogens is 336 g/mol. The molecule has 0 aromatic carbocycles. The molecule has 0 aliphatic carbocycles. The van der Waals surface area contributed by atoms with E-state index in [4.69, 9.17) is 0 Å². The minimum Gasteiger partial charge on any atom is -0.260 e. The van der Waals surface area contributed by atoms with Crippen molar-refractivity contribution in [3.63, 3.8) is 0 Å². The van der Waals surface area contributed by atoms with Crippen LogP contribution in [0.4, 0.5) is 0 Å². The third-order valence-electron chi connectivity index (χ3n) is 4.68. The molecule has 0 aliphatic heterocycles. The normalized spacial score (nSPS) is 13.0. The minimum atomic E-state index is 0.000317. The lowest BCUT2D eigenvalue weighted by Crippen LogP contribution is -2.11. The van der Waals surface area contributed by atoms with Gasteiger partial charge in [0.05, 0.1) is 29.8 Å². The summed E-state index contributed by atoms with van der Waals surface area (Å²) in [6, 6.07) is 2.20. The first-order valence-corrected chi connectivity index (χ1v) is 9.28. The van der Waals surface area contributed by atoms with Crippen molar-refractivity contribution in [1.82, 2.24) is 29.2 Å². The third-order valence-corrected chi connectivity index (χ3v) is 4.68. The van der Waals surface area contributed by atoms with E-state index in [1.807, 2.05) is 27.6 Å². The van der Waals surface area contributed by atoms with Crippen LogP contribution in [0.5, 0.6) is 0 Å². The van der Waals surface area contributed by atoms with E-state index in [0.717, 1.165) is 28.8 Å². The van der Waals surface area contributed by atoms with Gasteiger partial charge in [-0.25, -0.2) is 14.0 Å². The van der Waals surface area contributed by atoms with Gasteiger partial charge in [-0.05, 0) is 28.9 Å². The SMILES string of the molecule is CC(C)(C)Cc1cc(-c2cncc3c(C(C)(C)C)cnn23)c2ncnn2c1. The van der Waals surface area contributed by atoms with Gasteiger partial charge < -0.3 is 0 Å². The van der Waals surface area contributed by atoms with Crippen LogP contribution >= 0.6 is 0 Å². The smallest absolute Gasteiger partial charge is 0.164 e. The third kappa shape index (κ3) is 3.20. The van der Waals surface area contributed by atoms with E-state index in [2.05, 4.69) is 74.0 Å². The second-order valence-corrected chi connectivity index (χ2v) is 9.43. The van der Waals surface area contributed by atoms with Gasteiger partial charge in [0.1, 0.15) is 6.33 Å². The lowest BCUT2D eigenvalue weighted by atomic mass is 9.88. The predicted octanol–water partition coefficient (Wildman–Crippen LogP) is 4.33. The highest BCUT2D eigenvalue weighted by Gasteiger charge is 2.22. The van der Waals surface area contributed by atoms with E-state index in [1.54, 1.807) is 6.33 Å². The van der Waals surface area contributed by atoms with Gasteiger partial charge in [-0.3, -0.25) is 4.98 Å². The molecule has 0 saturated heterocycles. The quantitative estimate of drug-likeness (QED) is 0.533. The van der Waals surface area contributed by atoms with Crippen LogP contribution in [0.1, 0.15) is 52.7 Å². The molecule has 0 aliphatic rings. The standard InChI is InChI=1S/C21H26N6/c1-20(2,3)8-14-7-15(19-23-13-25-26(19)12-14)17-10-22-11-18-16(21(4,5)6)9-24-27(17)18/h7,9-13H,8H2,1-6H3. The highest BCUT2D eigenvalue weighted by atomic mass is 15.3. The Morgan fingerprint density at radius 1 is 0.963 bits per heavy atom. The van der Waals surface area contributed by atoms with Crippen molar-refractivity contribution in [2.24, 2.45) is 5.41 Å². The van der Waals surface area contributed by atoms with Gasteiger partial charge in [0.25, 0.3) is 0 Å². The van der Waals surface area contributed by atoms with Gasteiger partial charge in [-0.15, -0.1) is 0 Å². The van der Waals surface area contributed by atoms with Crippen molar-refractivity contribution in [3.8, 4) is 11.3 Å². The summed E-state index contributed by atoms with van der Waals surface area (Å²) in [6.45, 7) is 13.3. The zero-order valence-electron chi connectivity index (χ0n) is 16.9. The van der Waals surface area contributed by atoms with Crippen LogP contribution in [-0.2, 0) is 11.8 Å². The van der Waals surface area contributed by atoms with E-state index in [-0.39, 0.29) is 10.8 Å². The number of fused-ring (bicyclic) bond motifs is 2. The van der Waals surface area contributed by atoms with Crippen molar-refractivity contribution in [1.29, 1.82) is 0 Å². The van der Waals surface area contributed by atoms with Gasteiger partial charge in [0.15, 0.2) is 5.65 Å². The predicted molar refractivity (Wildman–Crippen MR) is 107 cm³/mol. The summed E-state index contributed by atoms with van der Waals surface area (Å²) < 4.78 is 3.82. The summed E-state index contributed by atoms with van der Waals surface area (Å²) in [6.07, 6.45) is 10.3. The molecule has 0 radical (unpaired) electrons. The average Bonchev–Trinajstić information content (AvgIpc) is 3.17. The van der Waals surface area contributed by atoms with Gasteiger partial charge in [-0.2, -0.15) is 10.2 Å². The molecule has 140 valence electrons. The van der Waals surface area contributed by atoms with Crippen molar-refractivity contribution in [3.05, 3.63) is 48.3 Å². The van der Waals surface area contributed by atoms with E-state index < -0.39 is 0 Å². The number of nitrogens with zero attached hydrogens (tertiary/aromatic N) is 6. The molecule has 0 unspecified atom stereocenters. The lowest BCUT2D eigenvalue weighted by molar-refractivity contribution is 0.410. The molecular formula is C21H26N6. The van der Waals surface area contributed by atoms with E-state index in [0.29, 0.717) is 0 Å². The van der Waals surface area contributed by atoms with Crippen LogP contribution in [0.2, 0.25) is 0 Å². The second-order valence-electron chi connectivity index (χ2n) is 9.43. The Bertz CT molecular complexity index is 1120. The van der Waals surface area contributed by atoms with Crippen molar-refractivity contribution in [2.75, 3.05) is 0 Å². The molecule has 0 atom stereocenters. The van der Waals surface area contributed by atoms with Gasteiger partial charge >= 0.3 is 0 Å². The molecule has 4 aromatic heterocycles. The van der Waals surface area contributed by atoms with Crippen LogP contribution in [0.3, 0.4) is 0 Å². The Morgan fingerprint density at radius 3 is 2.44 bits per heavy atom. The van der Waals surface area contributed by atoms with Crippen LogP contribution in [-0.4, -0.2) is 29.2 Å². The van der Waals surface area contributed by atoms with E-state index in [1.165, 1.54) is 11.1 Å². The van der Waals surface area contributed by atoms with Crippen LogP contribution in [0, 0.1) is 5.41 Å². The first kappa shape index (κ1) is 17.6. The van der Waals surface area contributed by atoms with E-state index in [9.17, 15) is 0 Å². The van der Waals surface area contributed by atoms with Crippen molar-refractivity contribution >= 4 is 11.2 Å². The first-order valence-electron chi connectivity index (χ1n) is 9.28. The number of hydrogen-bond donors (Lipinski definition) is 0. The Kier molecular flexibility index (Phi) is 3.84. The summed E-state index contributed by atoms with van der Waals surface area (Å²) in [5.41, 5.74) is 6.35. The molecule has 27 heavy (non-hydrogen) atoms. The highest BCUT2D eigenvalue weighted by molar-refractivity contribution is 5.77. The summed E-state index contributed by atoms with van der Waals surface area (Å²) in [5, 5.41) is 9.05. The Morgan fingerprint density at radius 2 is 1.74 bits per heavy atom. The molecule has 0 bridgehead atoms. The molecule has 4 rings (SSSR count). The summed E-state index contributed by atoms with van der Waals surface area (Å²) in [5.74, 6) is 0. The van der Waals surface area contributed by atoms with E-state index >= 15 is 0 Å². The second kappa shape index (κ2) is 5.87. The number of rotatable bonds is 2. The molecule has 4 aromatic rings. The minimum absolute atomic E-state index is 0.000317. The fourth-order valence-corrected chi connectivity index (χ4v) is 3.55. The number of aromatic nitrogens is 6. The number of pyridine rings is 1.